The first-order chi connectivity index (χ1) is 9.16. The molecule has 2 heterocycles. The number of anilines is 1. The molecular weight excluding hydrogens is 238 g/mol. The van der Waals surface area contributed by atoms with Crippen LogP contribution < -0.4 is 10.2 Å². The van der Waals surface area contributed by atoms with Crippen LogP contribution in [0.4, 0.5) is 10.5 Å². The van der Waals surface area contributed by atoms with Crippen LogP contribution in [0.15, 0.2) is 18.2 Å². The normalized spacial score (nSPS) is 23.5. The number of nitrogens with zero attached hydrogens (tertiary/aromatic N) is 2. The van der Waals surface area contributed by atoms with E-state index in [4.69, 9.17) is 0 Å². The molecule has 4 heteroatoms. The highest BCUT2D eigenvalue weighted by Crippen LogP contribution is 2.27. The minimum atomic E-state index is 0.169. The summed E-state index contributed by atoms with van der Waals surface area (Å²) >= 11 is 0. The van der Waals surface area contributed by atoms with Crippen molar-refractivity contribution in [1.29, 1.82) is 0 Å². The molecule has 2 fully saturated rings. The van der Waals surface area contributed by atoms with Crippen LogP contribution in [0, 0.1) is 13.8 Å². The molecule has 0 aromatic heterocycles. The molecule has 1 aromatic carbocycles. The quantitative estimate of drug-likeness (QED) is 0.880. The number of rotatable bonds is 2. The Morgan fingerprint density at radius 3 is 2.84 bits per heavy atom. The maximum Gasteiger partial charge on any atom is 0.324 e. The van der Waals surface area contributed by atoms with Gasteiger partial charge in [0, 0.05) is 31.4 Å². The summed E-state index contributed by atoms with van der Waals surface area (Å²) in [5, 5.41) is 3.33. The lowest BCUT2D eigenvalue weighted by Gasteiger charge is -2.24. The standard InChI is InChI=1S/C15H21N3O/c1-11-3-4-12(2)14(9-11)18-8-7-17(15(18)19)13-5-6-16-10-13/h3-4,9,13,16H,5-8,10H2,1-2H3. The number of carbonyl (C=O) groups excluding carboxylic acids is 1. The molecule has 102 valence electrons. The van der Waals surface area contributed by atoms with Crippen LogP contribution in [0.2, 0.25) is 0 Å². The largest absolute Gasteiger partial charge is 0.324 e. The van der Waals surface area contributed by atoms with Gasteiger partial charge >= 0.3 is 6.03 Å². The minimum absolute atomic E-state index is 0.169. The van der Waals surface area contributed by atoms with Crippen molar-refractivity contribution in [2.45, 2.75) is 26.3 Å². The molecule has 3 rings (SSSR count). The van der Waals surface area contributed by atoms with E-state index in [1.807, 2.05) is 9.80 Å². The lowest BCUT2D eigenvalue weighted by atomic mass is 10.1. The Balaban J connectivity index is 1.83. The third-order valence-electron chi connectivity index (χ3n) is 4.17. The molecule has 2 aliphatic rings. The average molecular weight is 259 g/mol. The molecule has 0 radical (unpaired) electrons. The van der Waals surface area contributed by atoms with Gasteiger partial charge in [0.05, 0.1) is 0 Å². The van der Waals surface area contributed by atoms with Gasteiger partial charge in [-0.2, -0.15) is 0 Å². The monoisotopic (exact) mass is 259 g/mol. The highest BCUT2D eigenvalue weighted by molar-refractivity contribution is 5.95. The summed E-state index contributed by atoms with van der Waals surface area (Å²) in [6.07, 6.45) is 1.08. The van der Waals surface area contributed by atoms with E-state index in [-0.39, 0.29) is 6.03 Å². The van der Waals surface area contributed by atoms with Crippen molar-refractivity contribution in [3.05, 3.63) is 29.3 Å². The van der Waals surface area contributed by atoms with Crippen LogP contribution in [0.5, 0.6) is 0 Å². The van der Waals surface area contributed by atoms with Crippen molar-refractivity contribution in [2.24, 2.45) is 0 Å². The second kappa shape index (κ2) is 4.85. The van der Waals surface area contributed by atoms with Gasteiger partial charge in [0.15, 0.2) is 0 Å². The Kier molecular flexibility index (Phi) is 3.19. The second-order valence-electron chi connectivity index (χ2n) is 5.56. The molecule has 0 saturated carbocycles. The topological polar surface area (TPSA) is 35.6 Å². The smallest absolute Gasteiger partial charge is 0.318 e. The summed E-state index contributed by atoms with van der Waals surface area (Å²) in [6, 6.07) is 6.85. The summed E-state index contributed by atoms with van der Waals surface area (Å²) in [4.78, 5) is 16.5. The molecule has 2 aliphatic heterocycles. The first-order valence-electron chi connectivity index (χ1n) is 7.03. The van der Waals surface area contributed by atoms with Gasteiger partial charge in [0.25, 0.3) is 0 Å². The third-order valence-corrected chi connectivity index (χ3v) is 4.17. The van der Waals surface area contributed by atoms with E-state index < -0.39 is 0 Å². The van der Waals surface area contributed by atoms with Crippen LogP contribution >= 0.6 is 0 Å². The highest BCUT2D eigenvalue weighted by atomic mass is 16.2. The number of amides is 2. The van der Waals surface area contributed by atoms with Crippen LogP contribution in [-0.4, -0.2) is 43.2 Å². The Labute approximate surface area is 114 Å². The fourth-order valence-corrected chi connectivity index (χ4v) is 3.03. The van der Waals surface area contributed by atoms with Crippen LogP contribution in [0.1, 0.15) is 17.5 Å². The number of hydrogen-bond acceptors (Lipinski definition) is 2. The Morgan fingerprint density at radius 1 is 1.26 bits per heavy atom. The van der Waals surface area contributed by atoms with Gasteiger partial charge in [0.2, 0.25) is 0 Å². The third kappa shape index (κ3) is 2.21. The maximum atomic E-state index is 12.6. The fourth-order valence-electron chi connectivity index (χ4n) is 3.03. The molecule has 0 aliphatic carbocycles. The zero-order valence-corrected chi connectivity index (χ0v) is 11.6. The summed E-state index contributed by atoms with van der Waals surface area (Å²) in [7, 11) is 0. The molecule has 1 unspecified atom stereocenters. The van der Waals surface area contributed by atoms with E-state index in [9.17, 15) is 4.79 Å². The average Bonchev–Trinajstić information content (AvgIpc) is 3.01. The minimum Gasteiger partial charge on any atom is -0.318 e. The van der Waals surface area contributed by atoms with Gasteiger partial charge in [-0.25, -0.2) is 4.79 Å². The first kappa shape index (κ1) is 12.5. The van der Waals surface area contributed by atoms with Gasteiger partial charge in [-0.1, -0.05) is 12.1 Å². The van der Waals surface area contributed by atoms with Crippen molar-refractivity contribution in [1.82, 2.24) is 10.2 Å². The maximum absolute atomic E-state index is 12.6. The van der Waals surface area contributed by atoms with E-state index in [2.05, 4.69) is 37.4 Å². The zero-order valence-electron chi connectivity index (χ0n) is 11.6. The predicted octanol–water partition coefficient (Wildman–Crippen LogP) is 1.91. The molecule has 0 bridgehead atoms. The van der Waals surface area contributed by atoms with E-state index in [1.165, 1.54) is 11.1 Å². The number of nitrogens with one attached hydrogen (secondary N) is 1. The van der Waals surface area contributed by atoms with Gasteiger partial charge in [-0.3, -0.25) is 4.90 Å². The Morgan fingerprint density at radius 2 is 2.11 bits per heavy atom. The van der Waals surface area contributed by atoms with Gasteiger partial charge in [-0.05, 0) is 44.0 Å². The van der Waals surface area contributed by atoms with Crippen molar-refractivity contribution in [3.8, 4) is 0 Å². The van der Waals surface area contributed by atoms with Crippen molar-refractivity contribution in [2.75, 3.05) is 31.1 Å². The number of benzene rings is 1. The molecule has 1 atom stereocenters. The van der Waals surface area contributed by atoms with Crippen LogP contribution in [0.25, 0.3) is 0 Å². The van der Waals surface area contributed by atoms with Crippen LogP contribution in [0.3, 0.4) is 0 Å². The molecule has 4 nitrogen and oxygen atoms in total. The lowest BCUT2D eigenvalue weighted by Crippen LogP contribution is -2.40. The SMILES string of the molecule is Cc1ccc(C)c(N2CCN(C3CCNC3)C2=O)c1. The summed E-state index contributed by atoms with van der Waals surface area (Å²) < 4.78 is 0. The molecule has 1 aromatic rings. The second-order valence-corrected chi connectivity index (χ2v) is 5.56. The first-order valence-corrected chi connectivity index (χ1v) is 7.03. The van der Waals surface area contributed by atoms with Gasteiger partial charge in [-0.15, -0.1) is 0 Å². The number of carbonyl (C=O) groups is 1. The van der Waals surface area contributed by atoms with Gasteiger partial charge < -0.3 is 10.2 Å². The van der Waals surface area contributed by atoms with E-state index in [0.717, 1.165) is 38.3 Å². The van der Waals surface area contributed by atoms with Crippen LogP contribution in [-0.2, 0) is 0 Å². The highest BCUT2D eigenvalue weighted by Gasteiger charge is 2.35. The fraction of sp³-hybridized carbons (Fsp3) is 0.533. The molecule has 19 heavy (non-hydrogen) atoms. The van der Waals surface area contributed by atoms with Crippen molar-refractivity contribution >= 4 is 11.7 Å². The zero-order chi connectivity index (χ0) is 13.4. The molecule has 1 N–H and O–H groups in total. The number of aryl methyl sites for hydroxylation is 2. The molecule has 2 saturated heterocycles. The Hall–Kier alpha value is -1.55. The lowest BCUT2D eigenvalue weighted by molar-refractivity contribution is 0.205. The van der Waals surface area contributed by atoms with E-state index >= 15 is 0 Å². The number of hydrogen-bond donors (Lipinski definition) is 1. The summed E-state index contributed by atoms with van der Waals surface area (Å²) in [5.74, 6) is 0. The van der Waals surface area contributed by atoms with Crippen molar-refractivity contribution < 1.29 is 4.79 Å². The Bertz CT molecular complexity index is 494. The molecular formula is C15H21N3O. The van der Waals surface area contributed by atoms with E-state index in [1.54, 1.807) is 0 Å². The molecule has 2 amide bonds. The van der Waals surface area contributed by atoms with Crippen molar-refractivity contribution in [3.63, 3.8) is 0 Å². The van der Waals surface area contributed by atoms with Gasteiger partial charge in [0.1, 0.15) is 0 Å². The predicted molar refractivity (Wildman–Crippen MR) is 76.6 cm³/mol. The summed E-state index contributed by atoms with van der Waals surface area (Å²) in [6.45, 7) is 7.76. The van der Waals surface area contributed by atoms with E-state index in [0.29, 0.717) is 6.04 Å². The number of urea groups is 1. The summed E-state index contributed by atoms with van der Waals surface area (Å²) in [5.41, 5.74) is 3.44. The molecule has 0 spiro atoms.